The van der Waals surface area contributed by atoms with Crippen molar-refractivity contribution in [3.8, 4) is 5.75 Å². The molecule has 1 amide bonds. The normalized spacial score (nSPS) is 20.2. The monoisotopic (exact) mass is 594 g/mol. The maximum atomic E-state index is 13.3. The van der Waals surface area contributed by atoms with E-state index >= 15 is 0 Å². The molecule has 0 aliphatic carbocycles. The SMILES string of the molecule is COc1cc(C)c(S(=O)(=O)N2CCC(OCCC(=O)N3CCC(O)(c4ccc(Br)cc4)CC3)C2)c(C)c1. The fourth-order valence-electron chi connectivity index (χ4n) is 5.26. The summed E-state index contributed by atoms with van der Waals surface area (Å²) in [5.41, 5.74) is 1.25. The van der Waals surface area contributed by atoms with Crippen molar-refractivity contribution in [1.29, 1.82) is 0 Å². The van der Waals surface area contributed by atoms with Gasteiger partial charge >= 0.3 is 0 Å². The first-order valence-electron chi connectivity index (χ1n) is 12.6. The number of hydrogen-bond acceptors (Lipinski definition) is 6. The number of piperidine rings is 1. The minimum atomic E-state index is -3.66. The Morgan fingerprint density at radius 2 is 1.73 bits per heavy atom. The van der Waals surface area contributed by atoms with Crippen molar-refractivity contribution < 1.29 is 27.8 Å². The number of halogens is 1. The minimum absolute atomic E-state index is 0.00943. The van der Waals surface area contributed by atoms with Gasteiger partial charge in [-0.2, -0.15) is 4.31 Å². The minimum Gasteiger partial charge on any atom is -0.497 e. The summed E-state index contributed by atoms with van der Waals surface area (Å²) in [6, 6.07) is 11.1. The molecule has 2 heterocycles. The maximum absolute atomic E-state index is 13.3. The van der Waals surface area contributed by atoms with Gasteiger partial charge in [-0.25, -0.2) is 8.42 Å². The quantitative estimate of drug-likeness (QED) is 0.500. The number of likely N-dealkylation sites (tertiary alicyclic amines) is 1. The van der Waals surface area contributed by atoms with Crippen LogP contribution in [0.2, 0.25) is 0 Å². The summed E-state index contributed by atoms with van der Waals surface area (Å²) in [6.45, 7) is 5.42. The standard InChI is InChI=1S/C27H35BrN2O6S/c1-19-16-24(35-3)17-20(2)26(19)37(33,34)30-12-8-23(18-30)36-15-9-25(31)29-13-10-27(32,11-14-29)21-4-6-22(28)7-5-21/h4-7,16-17,23,32H,8-15,18H2,1-3H3. The number of sulfonamides is 1. The summed E-state index contributed by atoms with van der Waals surface area (Å²) in [4.78, 5) is 14.8. The Labute approximate surface area is 227 Å². The molecule has 0 aromatic heterocycles. The molecular weight excluding hydrogens is 560 g/mol. The molecule has 37 heavy (non-hydrogen) atoms. The van der Waals surface area contributed by atoms with Crippen LogP contribution in [0, 0.1) is 13.8 Å². The van der Waals surface area contributed by atoms with E-state index in [1.165, 1.54) is 4.31 Å². The number of rotatable bonds is 8. The van der Waals surface area contributed by atoms with Crippen LogP contribution in [0.3, 0.4) is 0 Å². The second-order valence-corrected chi connectivity index (χ2v) is 12.7. The Bertz CT molecular complexity index is 1200. The molecule has 2 aliphatic heterocycles. The molecule has 0 bridgehead atoms. The first-order valence-corrected chi connectivity index (χ1v) is 14.8. The Balaban J connectivity index is 1.25. The fourth-order valence-corrected chi connectivity index (χ4v) is 7.42. The number of methoxy groups -OCH3 is 1. The highest BCUT2D eigenvalue weighted by molar-refractivity contribution is 9.10. The van der Waals surface area contributed by atoms with Crippen molar-refractivity contribution in [3.05, 3.63) is 57.6 Å². The number of benzene rings is 2. The van der Waals surface area contributed by atoms with E-state index in [4.69, 9.17) is 9.47 Å². The van der Waals surface area contributed by atoms with E-state index in [1.54, 1.807) is 38.0 Å². The smallest absolute Gasteiger partial charge is 0.243 e. The van der Waals surface area contributed by atoms with Crippen LogP contribution in [0.4, 0.5) is 0 Å². The number of aryl methyl sites for hydroxylation is 2. The van der Waals surface area contributed by atoms with Crippen LogP contribution in [-0.2, 0) is 25.2 Å². The Kier molecular flexibility index (Phi) is 8.65. The molecule has 8 nitrogen and oxygen atoms in total. The van der Waals surface area contributed by atoms with E-state index in [2.05, 4.69) is 15.9 Å². The summed E-state index contributed by atoms with van der Waals surface area (Å²) >= 11 is 3.41. The van der Waals surface area contributed by atoms with Gasteiger partial charge in [0.25, 0.3) is 0 Å². The molecular formula is C27H35BrN2O6S. The van der Waals surface area contributed by atoms with Crippen LogP contribution in [-0.4, -0.2) is 74.6 Å². The van der Waals surface area contributed by atoms with Crippen molar-refractivity contribution in [2.24, 2.45) is 0 Å². The molecule has 2 fully saturated rings. The lowest BCUT2D eigenvalue weighted by Gasteiger charge is -2.38. The third kappa shape index (κ3) is 6.20. The molecule has 2 aromatic rings. The van der Waals surface area contributed by atoms with Crippen LogP contribution in [0.15, 0.2) is 45.8 Å². The van der Waals surface area contributed by atoms with Gasteiger partial charge in [0.1, 0.15) is 5.75 Å². The molecule has 1 N–H and O–H groups in total. The lowest BCUT2D eigenvalue weighted by atomic mass is 9.84. The molecule has 10 heteroatoms. The van der Waals surface area contributed by atoms with E-state index < -0.39 is 15.6 Å². The predicted octanol–water partition coefficient (Wildman–Crippen LogP) is 3.75. The van der Waals surface area contributed by atoms with E-state index in [0.29, 0.717) is 60.7 Å². The highest BCUT2D eigenvalue weighted by Crippen LogP contribution is 2.34. The fraction of sp³-hybridized carbons (Fsp3) is 0.519. The zero-order chi connectivity index (χ0) is 26.8. The number of amides is 1. The summed E-state index contributed by atoms with van der Waals surface area (Å²) in [5.74, 6) is 0.623. The largest absolute Gasteiger partial charge is 0.497 e. The number of ether oxygens (including phenoxy) is 2. The zero-order valence-electron chi connectivity index (χ0n) is 21.6. The van der Waals surface area contributed by atoms with Gasteiger partial charge in [0.2, 0.25) is 15.9 Å². The van der Waals surface area contributed by atoms with Gasteiger partial charge in [0.05, 0.1) is 36.7 Å². The molecule has 202 valence electrons. The Morgan fingerprint density at radius 1 is 1.11 bits per heavy atom. The first kappa shape index (κ1) is 28.0. The Hall–Kier alpha value is -1.98. The van der Waals surface area contributed by atoms with Crippen LogP contribution < -0.4 is 4.74 Å². The second-order valence-electron chi connectivity index (χ2n) is 9.90. The average molecular weight is 596 g/mol. The van der Waals surface area contributed by atoms with Crippen molar-refractivity contribution in [1.82, 2.24) is 9.21 Å². The van der Waals surface area contributed by atoms with Crippen molar-refractivity contribution in [3.63, 3.8) is 0 Å². The molecule has 2 aliphatic rings. The van der Waals surface area contributed by atoms with Crippen molar-refractivity contribution in [2.45, 2.75) is 56.1 Å². The highest BCUT2D eigenvalue weighted by Gasteiger charge is 2.37. The first-order chi connectivity index (χ1) is 17.5. The van der Waals surface area contributed by atoms with E-state index in [1.807, 2.05) is 24.3 Å². The lowest BCUT2D eigenvalue weighted by molar-refractivity contribution is -0.137. The number of aliphatic hydroxyl groups is 1. The molecule has 1 atom stereocenters. The number of carbonyl (C=O) groups is 1. The van der Waals surface area contributed by atoms with Crippen LogP contribution in [0.1, 0.15) is 42.4 Å². The Morgan fingerprint density at radius 3 is 2.32 bits per heavy atom. The summed E-state index contributed by atoms with van der Waals surface area (Å²) in [6.07, 6.45) is 1.55. The van der Waals surface area contributed by atoms with Crippen LogP contribution >= 0.6 is 15.9 Å². The van der Waals surface area contributed by atoms with Gasteiger partial charge in [-0.3, -0.25) is 4.79 Å². The summed E-state index contributed by atoms with van der Waals surface area (Å²) in [7, 11) is -2.10. The molecule has 0 spiro atoms. The third-order valence-electron chi connectivity index (χ3n) is 7.37. The van der Waals surface area contributed by atoms with Crippen LogP contribution in [0.5, 0.6) is 5.75 Å². The maximum Gasteiger partial charge on any atom is 0.243 e. The number of carbonyl (C=O) groups excluding carboxylic acids is 1. The van der Waals surface area contributed by atoms with Gasteiger partial charge in [0.15, 0.2) is 0 Å². The van der Waals surface area contributed by atoms with E-state index in [0.717, 1.165) is 10.0 Å². The topological polar surface area (TPSA) is 96.4 Å². The molecule has 4 rings (SSSR count). The molecule has 0 saturated carbocycles. The van der Waals surface area contributed by atoms with Gasteiger partial charge in [-0.1, -0.05) is 28.1 Å². The third-order valence-corrected chi connectivity index (χ3v) is 10.1. The number of nitrogens with zero attached hydrogens (tertiary/aromatic N) is 2. The predicted molar refractivity (Wildman–Crippen MR) is 144 cm³/mol. The highest BCUT2D eigenvalue weighted by atomic mass is 79.9. The molecule has 0 radical (unpaired) electrons. The van der Waals surface area contributed by atoms with Gasteiger partial charge in [0, 0.05) is 30.7 Å². The molecule has 2 aromatic carbocycles. The van der Waals surface area contributed by atoms with Crippen molar-refractivity contribution >= 4 is 31.9 Å². The molecule has 2 saturated heterocycles. The van der Waals surface area contributed by atoms with Crippen molar-refractivity contribution in [2.75, 3.05) is 39.9 Å². The summed E-state index contributed by atoms with van der Waals surface area (Å²) < 4.78 is 40.3. The second kappa shape index (κ2) is 11.4. The van der Waals surface area contributed by atoms with Crippen LogP contribution in [0.25, 0.3) is 0 Å². The van der Waals surface area contributed by atoms with E-state index in [-0.39, 0.29) is 31.6 Å². The van der Waals surface area contributed by atoms with Gasteiger partial charge in [-0.05, 0) is 74.1 Å². The average Bonchev–Trinajstić information content (AvgIpc) is 3.34. The lowest BCUT2D eigenvalue weighted by Crippen LogP contribution is -2.45. The zero-order valence-corrected chi connectivity index (χ0v) is 24.0. The molecule has 1 unspecified atom stereocenters. The van der Waals surface area contributed by atoms with Gasteiger partial charge < -0.3 is 19.5 Å². The van der Waals surface area contributed by atoms with E-state index in [9.17, 15) is 18.3 Å². The summed E-state index contributed by atoms with van der Waals surface area (Å²) in [5, 5.41) is 11.0. The van der Waals surface area contributed by atoms with Gasteiger partial charge in [-0.15, -0.1) is 0 Å². The number of hydrogen-bond donors (Lipinski definition) is 1.